The molecule has 1 heterocycles. The predicted molar refractivity (Wildman–Crippen MR) is 107 cm³/mol. The topological polar surface area (TPSA) is 111 Å². The number of rotatable bonds is 5. The molecule has 0 saturated heterocycles. The van der Waals surface area contributed by atoms with E-state index in [0.717, 1.165) is 18.5 Å². The number of carboxylic acid groups (broad SMARTS) is 1. The van der Waals surface area contributed by atoms with Crippen LogP contribution < -0.4 is 15.7 Å². The van der Waals surface area contributed by atoms with Gasteiger partial charge in [-0.25, -0.2) is 4.98 Å². The minimum atomic E-state index is -1.20. The number of halogens is 1. The summed E-state index contributed by atoms with van der Waals surface area (Å²) in [5.74, 6) is -3.13. The van der Waals surface area contributed by atoms with Gasteiger partial charge in [0.2, 0.25) is 5.91 Å². The Balaban J connectivity index is 1.75. The lowest BCUT2D eigenvalue weighted by atomic mass is 9.78. The van der Waals surface area contributed by atoms with Crippen LogP contribution in [0.1, 0.15) is 41.7 Å². The number of amides is 2. The molecule has 1 aliphatic rings. The smallest absolute Gasteiger partial charge is 0.258 e. The molecule has 8 heteroatoms. The zero-order valence-electron chi connectivity index (χ0n) is 15.9. The molecule has 2 amide bonds. The number of carbonyl (C=O) groups excluding carboxylic acids is 3. The molecule has 0 bridgehead atoms. The maximum absolute atomic E-state index is 12.6. The predicted octanol–water partition coefficient (Wildman–Crippen LogP) is 2.79. The van der Waals surface area contributed by atoms with Gasteiger partial charge in [0.25, 0.3) is 5.91 Å². The molecule has 0 spiro atoms. The number of nitrogens with one attached hydrogen (secondary N) is 2. The Hall–Kier alpha value is -2.93. The van der Waals surface area contributed by atoms with Crippen LogP contribution in [0.15, 0.2) is 36.4 Å². The third-order valence-electron chi connectivity index (χ3n) is 5.01. The molecule has 0 aliphatic heterocycles. The SMILES string of the molecule is Cc1cccc(NC(=O)c2cc(NC(=O)[C@@H]3CCCC[C@@H]3C(=O)[O-])ccc2Cl)n1. The Labute approximate surface area is 173 Å². The molecule has 1 fully saturated rings. The number of nitrogens with zero attached hydrogens (tertiary/aromatic N) is 1. The van der Waals surface area contributed by atoms with Crippen LogP contribution in [0.5, 0.6) is 0 Å². The van der Waals surface area contributed by atoms with Gasteiger partial charge < -0.3 is 20.5 Å². The number of carbonyl (C=O) groups is 3. The summed E-state index contributed by atoms with van der Waals surface area (Å²) in [6, 6.07) is 9.78. The van der Waals surface area contributed by atoms with E-state index in [-0.39, 0.29) is 10.6 Å². The van der Waals surface area contributed by atoms with Crippen molar-refractivity contribution in [3.63, 3.8) is 0 Å². The van der Waals surface area contributed by atoms with Crippen molar-refractivity contribution < 1.29 is 19.5 Å². The van der Waals surface area contributed by atoms with Crippen molar-refractivity contribution in [2.45, 2.75) is 32.6 Å². The van der Waals surface area contributed by atoms with E-state index in [1.165, 1.54) is 12.1 Å². The number of aromatic nitrogens is 1. The number of carboxylic acids is 1. The summed E-state index contributed by atoms with van der Waals surface area (Å²) in [6.07, 6.45) is 2.48. The summed E-state index contributed by atoms with van der Waals surface area (Å²) in [5, 5.41) is 16.9. The maximum atomic E-state index is 12.6. The van der Waals surface area contributed by atoms with Crippen LogP contribution in [0.25, 0.3) is 0 Å². The molecular weight excluding hydrogens is 394 g/mol. The van der Waals surface area contributed by atoms with E-state index in [2.05, 4.69) is 15.6 Å². The first-order chi connectivity index (χ1) is 13.8. The first-order valence-electron chi connectivity index (χ1n) is 9.41. The highest BCUT2D eigenvalue weighted by molar-refractivity contribution is 6.34. The van der Waals surface area contributed by atoms with Crippen molar-refractivity contribution in [2.24, 2.45) is 11.8 Å². The van der Waals surface area contributed by atoms with Crippen molar-refractivity contribution in [3.8, 4) is 0 Å². The average Bonchev–Trinajstić information content (AvgIpc) is 2.69. The van der Waals surface area contributed by atoms with Gasteiger partial charge in [0, 0.05) is 29.2 Å². The molecule has 152 valence electrons. The Morgan fingerprint density at radius 3 is 2.48 bits per heavy atom. The minimum Gasteiger partial charge on any atom is -0.550 e. The van der Waals surface area contributed by atoms with Crippen molar-refractivity contribution >= 4 is 40.9 Å². The lowest BCUT2D eigenvalue weighted by Crippen LogP contribution is -2.42. The third-order valence-corrected chi connectivity index (χ3v) is 5.34. The van der Waals surface area contributed by atoms with E-state index in [9.17, 15) is 19.5 Å². The molecule has 2 aromatic rings. The molecule has 1 aromatic carbocycles. The first kappa shape index (κ1) is 20.8. The highest BCUT2D eigenvalue weighted by Gasteiger charge is 2.31. The van der Waals surface area contributed by atoms with Gasteiger partial charge in [-0.05, 0) is 50.1 Å². The Morgan fingerprint density at radius 1 is 1.07 bits per heavy atom. The fourth-order valence-electron chi connectivity index (χ4n) is 3.54. The van der Waals surface area contributed by atoms with Gasteiger partial charge in [-0.15, -0.1) is 0 Å². The number of aliphatic carboxylic acids is 1. The zero-order chi connectivity index (χ0) is 21.0. The highest BCUT2D eigenvalue weighted by atomic mass is 35.5. The number of anilines is 2. The standard InChI is InChI=1S/C21H22ClN3O4/c1-12-5-4-8-18(23-12)25-20(27)16-11-13(9-10-17(16)22)24-19(26)14-6-2-3-7-15(14)21(28)29/h4-5,8-11,14-15H,2-3,6-7H2,1H3,(H,24,26)(H,28,29)(H,23,25,27)/p-1/t14-,15+/m1/s1. The largest absolute Gasteiger partial charge is 0.550 e. The van der Waals surface area contributed by atoms with Crippen LogP contribution in [-0.2, 0) is 9.59 Å². The van der Waals surface area contributed by atoms with Crippen LogP contribution in [0, 0.1) is 18.8 Å². The fourth-order valence-corrected chi connectivity index (χ4v) is 3.74. The monoisotopic (exact) mass is 414 g/mol. The Kier molecular flexibility index (Phi) is 6.49. The van der Waals surface area contributed by atoms with Crippen LogP contribution in [-0.4, -0.2) is 22.8 Å². The number of pyridine rings is 1. The van der Waals surface area contributed by atoms with Crippen molar-refractivity contribution in [1.29, 1.82) is 0 Å². The average molecular weight is 415 g/mol. The van der Waals surface area contributed by atoms with Crippen molar-refractivity contribution in [2.75, 3.05) is 10.6 Å². The summed E-state index contributed by atoms with van der Waals surface area (Å²) in [4.78, 5) is 40.8. The minimum absolute atomic E-state index is 0.174. The van der Waals surface area contributed by atoms with E-state index >= 15 is 0 Å². The summed E-state index contributed by atoms with van der Waals surface area (Å²) in [6.45, 7) is 1.81. The van der Waals surface area contributed by atoms with Gasteiger partial charge in [0.1, 0.15) is 5.82 Å². The van der Waals surface area contributed by atoms with E-state index in [1.807, 2.05) is 13.0 Å². The maximum Gasteiger partial charge on any atom is 0.258 e. The van der Waals surface area contributed by atoms with E-state index in [4.69, 9.17) is 11.6 Å². The van der Waals surface area contributed by atoms with Crippen LogP contribution >= 0.6 is 11.6 Å². The van der Waals surface area contributed by atoms with Crippen LogP contribution in [0.3, 0.4) is 0 Å². The Morgan fingerprint density at radius 2 is 1.79 bits per heavy atom. The lowest BCUT2D eigenvalue weighted by Gasteiger charge is -2.31. The fraction of sp³-hybridized carbons (Fsp3) is 0.333. The lowest BCUT2D eigenvalue weighted by molar-refractivity contribution is -0.313. The number of aryl methyl sites for hydroxylation is 1. The molecule has 3 rings (SSSR count). The molecule has 1 aromatic heterocycles. The second kappa shape index (κ2) is 9.05. The molecule has 0 unspecified atom stereocenters. The van der Waals surface area contributed by atoms with Crippen LogP contribution in [0.4, 0.5) is 11.5 Å². The van der Waals surface area contributed by atoms with Gasteiger partial charge in [-0.3, -0.25) is 9.59 Å². The van der Waals surface area contributed by atoms with Gasteiger partial charge in [0.05, 0.1) is 10.6 Å². The van der Waals surface area contributed by atoms with Gasteiger partial charge in [-0.2, -0.15) is 0 Å². The van der Waals surface area contributed by atoms with Gasteiger partial charge in [-0.1, -0.05) is 30.5 Å². The molecular formula is C21H21ClN3O4-. The summed E-state index contributed by atoms with van der Waals surface area (Å²) in [5.41, 5.74) is 1.29. The summed E-state index contributed by atoms with van der Waals surface area (Å²) in [7, 11) is 0. The zero-order valence-corrected chi connectivity index (χ0v) is 16.7. The van der Waals surface area contributed by atoms with Crippen LogP contribution in [0.2, 0.25) is 5.02 Å². The number of hydrogen-bond donors (Lipinski definition) is 2. The van der Waals surface area contributed by atoms with E-state index < -0.39 is 29.6 Å². The summed E-state index contributed by atoms with van der Waals surface area (Å²) >= 11 is 6.16. The molecule has 7 nitrogen and oxygen atoms in total. The number of hydrogen-bond acceptors (Lipinski definition) is 5. The second-order valence-electron chi connectivity index (χ2n) is 7.12. The molecule has 0 radical (unpaired) electrons. The first-order valence-corrected chi connectivity index (χ1v) is 9.79. The Bertz CT molecular complexity index is 947. The normalized spacial score (nSPS) is 18.7. The van der Waals surface area contributed by atoms with E-state index in [1.54, 1.807) is 18.2 Å². The third kappa shape index (κ3) is 5.12. The van der Waals surface area contributed by atoms with Crippen molar-refractivity contribution in [3.05, 3.63) is 52.7 Å². The second-order valence-corrected chi connectivity index (χ2v) is 7.53. The molecule has 1 saturated carbocycles. The van der Waals surface area contributed by atoms with Gasteiger partial charge >= 0.3 is 0 Å². The van der Waals surface area contributed by atoms with Crippen molar-refractivity contribution in [1.82, 2.24) is 4.98 Å². The molecule has 2 atom stereocenters. The molecule has 1 aliphatic carbocycles. The molecule has 29 heavy (non-hydrogen) atoms. The number of benzene rings is 1. The van der Waals surface area contributed by atoms with Gasteiger partial charge in [0.15, 0.2) is 0 Å². The molecule has 2 N–H and O–H groups in total. The quantitative estimate of drug-likeness (QED) is 0.781. The highest BCUT2D eigenvalue weighted by Crippen LogP contribution is 2.31. The summed E-state index contributed by atoms with van der Waals surface area (Å²) < 4.78 is 0. The van der Waals surface area contributed by atoms with E-state index in [0.29, 0.717) is 24.3 Å².